The number of ether oxygens (including phenoxy) is 1. The van der Waals surface area contributed by atoms with Crippen molar-refractivity contribution in [2.45, 2.75) is 20.3 Å². The fourth-order valence-electron chi connectivity index (χ4n) is 3.50. The Hall–Kier alpha value is -2.75. The second-order valence-corrected chi connectivity index (χ2v) is 6.31. The van der Waals surface area contributed by atoms with Crippen molar-refractivity contribution in [1.82, 2.24) is 9.78 Å². The normalized spacial score (nSPS) is 12.8. The van der Waals surface area contributed by atoms with Gasteiger partial charge < -0.3 is 10.1 Å². The molecule has 1 aliphatic heterocycles. The van der Waals surface area contributed by atoms with Crippen LogP contribution in [0, 0.1) is 13.8 Å². The molecule has 4 nitrogen and oxygen atoms in total. The number of hydrogen-bond acceptors (Lipinski definition) is 3. The minimum absolute atomic E-state index is 0.823. The van der Waals surface area contributed by atoms with Crippen molar-refractivity contribution < 1.29 is 4.74 Å². The summed E-state index contributed by atoms with van der Waals surface area (Å²) in [6.45, 7) is 5.21. The number of benzene rings is 2. The Bertz CT molecular complexity index is 891. The molecular weight excluding hydrogens is 298 g/mol. The fraction of sp³-hybridized carbons (Fsp3) is 0.250. The Morgan fingerprint density at radius 2 is 1.83 bits per heavy atom. The smallest absolute Gasteiger partial charge is 0.144 e. The third-order valence-electron chi connectivity index (χ3n) is 4.46. The van der Waals surface area contributed by atoms with E-state index in [1.165, 1.54) is 22.3 Å². The zero-order valence-corrected chi connectivity index (χ0v) is 14.3. The van der Waals surface area contributed by atoms with Crippen LogP contribution in [0.2, 0.25) is 0 Å². The van der Waals surface area contributed by atoms with Crippen LogP contribution < -0.4 is 10.1 Å². The number of methoxy groups -OCH3 is 1. The molecule has 0 radical (unpaired) electrons. The zero-order chi connectivity index (χ0) is 16.7. The quantitative estimate of drug-likeness (QED) is 0.789. The maximum atomic E-state index is 5.52. The van der Waals surface area contributed by atoms with Crippen molar-refractivity contribution in [2.24, 2.45) is 0 Å². The minimum Gasteiger partial charge on any atom is -0.494 e. The topological polar surface area (TPSA) is 39.1 Å². The Morgan fingerprint density at radius 1 is 1.08 bits per heavy atom. The van der Waals surface area contributed by atoms with E-state index in [0.717, 1.165) is 35.9 Å². The van der Waals surface area contributed by atoms with E-state index in [1.807, 2.05) is 28.9 Å². The van der Waals surface area contributed by atoms with Crippen LogP contribution in [-0.2, 0) is 6.42 Å². The number of nitrogens with one attached hydrogen (secondary N) is 1. The summed E-state index contributed by atoms with van der Waals surface area (Å²) in [4.78, 5) is 0. The molecule has 0 fully saturated rings. The molecule has 2 aromatic carbocycles. The minimum atomic E-state index is 0.823. The average Bonchev–Trinajstić information content (AvgIpc) is 3.16. The summed E-state index contributed by atoms with van der Waals surface area (Å²) >= 11 is 0. The molecule has 122 valence electrons. The first-order valence-corrected chi connectivity index (χ1v) is 8.25. The first-order valence-electron chi connectivity index (χ1n) is 8.25. The highest BCUT2D eigenvalue weighted by atomic mass is 16.5. The number of hydrogen-bond donors (Lipinski definition) is 1. The van der Waals surface area contributed by atoms with E-state index in [0.29, 0.717) is 0 Å². The third kappa shape index (κ3) is 2.35. The number of nitrogens with zero attached hydrogens (tertiary/aromatic N) is 2. The monoisotopic (exact) mass is 319 g/mol. The molecule has 0 atom stereocenters. The number of para-hydroxylation sites is 2. The van der Waals surface area contributed by atoms with Gasteiger partial charge in [0, 0.05) is 17.7 Å². The van der Waals surface area contributed by atoms with Crippen LogP contribution in [0.25, 0.3) is 16.9 Å². The lowest BCUT2D eigenvalue weighted by molar-refractivity contribution is 0.412. The van der Waals surface area contributed by atoms with E-state index >= 15 is 0 Å². The van der Waals surface area contributed by atoms with Crippen LogP contribution in [0.4, 0.5) is 5.82 Å². The molecule has 0 spiro atoms. The summed E-state index contributed by atoms with van der Waals surface area (Å²) in [7, 11) is 1.70. The van der Waals surface area contributed by atoms with Crippen molar-refractivity contribution in [3.05, 3.63) is 59.2 Å². The number of rotatable bonds is 3. The molecule has 24 heavy (non-hydrogen) atoms. The largest absolute Gasteiger partial charge is 0.494 e. The van der Waals surface area contributed by atoms with Gasteiger partial charge in [-0.05, 0) is 44.5 Å². The van der Waals surface area contributed by atoms with E-state index in [4.69, 9.17) is 9.84 Å². The summed E-state index contributed by atoms with van der Waals surface area (Å²) < 4.78 is 7.50. The van der Waals surface area contributed by atoms with Crippen LogP contribution >= 0.6 is 0 Å². The van der Waals surface area contributed by atoms with E-state index in [2.05, 4.69) is 37.4 Å². The van der Waals surface area contributed by atoms with Gasteiger partial charge in [-0.1, -0.05) is 29.3 Å². The Labute approximate surface area is 142 Å². The fourth-order valence-corrected chi connectivity index (χ4v) is 3.50. The SMILES string of the molecule is COc1ccccc1-n1nc(-c2cc(C)cc(C)c2)c2c1NCC2. The first kappa shape index (κ1) is 14.8. The highest BCUT2D eigenvalue weighted by Crippen LogP contribution is 2.37. The molecule has 0 unspecified atom stereocenters. The molecule has 3 aromatic rings. The summed E-state index contributed by atoms with van der Waals surface area (Å²) in [5.41, 5.74) is 7.01. The zero-order valence-electron chi connectivity index (χ0n) is 14.3. The second kappa shape index (κ2) is 5.71. The maximum Gasteiger partial charge on any atom is 0.144 e. The molecule has 2 heterocycles. The predicted octanol–water partition coefficient (Wildman–Crippen LogP) is 4.13. The summed E-state index contributed by atoms with van der Waals surface area (Å²) in [6, 6.07) is 14.6. The van der Waals surface area contributed by atoms with Crippen molar-refractivity contribution >= 4 is 5.82 Å². The van der Waals surface area contributed by atoms with Crippen LogP contribution in [0.1, 0.15) is 16.7 Å². The molecule has 0 saturated heterocycles. The molecule has 0 bridgehead atoms. The van der Waals surface area contributed by atoms with Crippen LogP contribution in [-0.4, -0.2) is 23.4 Å². The third-order valence-corrected chi connectivity index (χ3v) is 4.46. The standard InChI is InChI=1S/C20H21N3O/c1-13-10-14(2)12-15(11-13)19-16-8-9-21-20(16)23(22-19)17-6-4-5-7-18(17)24-3/h4-7,10-12,21H,8-9H2,1-3H3. The van der Waals surface area contributed by atoms with Gasteiger partial charge in [-0.3, -0.25) is 0 Å². The van der Waals surface area contributed by atoms with Gasteiger partial charge in [-0.2, -0.15) is 5.10 Å². The van der Waals surface area contributed by atoms with Crippen LogP contribution in [0.3, 0.4) is 0 Å². The molecule has 1 N–H and O–H groups in total. The van der Waals surface area contributed by atoms with Crippen molar-refractivity contribution in [3.8, 4) is 22.7 Å². The van der Waals surface area contributed by atoms with Gasteiger partial charge >= 0.3 is 0 Å². The van der Waals surface area contributed by atoms with Crippen molar-refractivity contribution in [1.29, 1.82) is 0 Å². The molecule has 4 rings (SSSR count). The molecule has 1 aliphatic rings. The molecule has 0 aliphatic carbocycles. The van der Waals surface area contributed by atoms with Crippen LogP contribution in [0.15, 0.2) is 42.5 Å². The highest BCUT2D eigenvalue weighted by Gasteiger charge is 2.25. The Kier molecular flexibility index (Phi) is 3.53. The van der Waals surface area contributed by atoms with E-state index in [1.54, 1.807) is 7.11 Å². The number of aryl methyl sites for hydroxylation is 2. The van der Waals surface area contributed by atoms with Gasteiger partial charge in [0.05, 0.1) is 12.8 Å². The molecule has 0 saturated carbocycles. The number of aromatic nitrogens is 2. The van der Waals surface area contributed by atoms with Gasteiger partial charge in [-0.25, -0.2) is 4.68 Å². The summed E-state index contributed by atoms with van der Waals surface area (Å²) in [5.74, 6) is 1.90. The summed E-state index contributed by atoms with van der Waals surface area (Å²) in [5, 5.41) is 8.42. The predicted molar refractivity (Wildman–Crippen MR) is 97.2 cm³/mol. The van der Waals surface area contributed by atoms with Gasteiger partial charge in [0.2, 0.25) is 0 Å². The maximum absolute atomic E-state index is 5.52. The Morgan fingerprint density at radius 3 is 2.58 bits per heavy atom. The van der Waals surface area contributed by atoms with Gasteiger partial charge in [0.25, 0.3) is 0 Å². The highest BCUT2D eigenvalue weighted by molar-refractivity contribution is 5.74. The lowest BCUT2D eigenvalue weighted by Gasteiger charge is -2.10. The average molecular weight is 319 g/mol. The molecule has 1 aromatic heterocycles. The molecule has 0 amide bonds. The Balaban J connectivity index is 1.92. The van der Waals surface area contributed by atoms with Crippen molar-refractivity contribution in [2.75, 3.05) is 19.0 Å². The van der Waals surface area contributed by atoms with E-state index in [9.17, 15) is 0 Å². The number of fused-ring (bicyclic) bond motifs is 1. The lowest BCUT2D eigenvalue weighted by Crippen LogP contribution is -2.05. The van der Waals surface area contributed by atoms with Crippen LogP contribution in [0.5, 0.6) is 5.75 Å². The van der Waals surface area contributed by atoms with E-state index < -0.39 is 0 Å². The van der Waals surface area contributed by atoms with Gasteiger partial charge in [-0.15, -0.1) is 0 Å². The van der Waals surface area contributed by atoms with Gasteiger partial charge in [0.1, 0.15) is 17.3 Å². The first-order chi connectivity index (χ1) is 11.7. The molecular formula is C20H21N3O. The van der Waals surface area contributed by atoms with Gasteiger partial charge in [0.15, 0.2) is 0 Å². The van der Waals surface area contributed by atoms with Crippen molar-refractivity contribution in [3.63, 3.8) is 0 Å². The number of anilines is 1. The van der Waals surface area contributed by atoms with E-state index in [-0.39, 0.29) is 0 Å². The molecule has 4 heteroatoms. The lowest BCUT2D eigenvalue weighted by atomic mass is 10.0. The second-order valence-electron chi connectivity index (χ2n) is 6.31. The summed E-state index contributed by atoms with van der Waals surface area (Å²) in [6.07, 6.45) is 0.993.